The predicted molar refractivity (Wildman–Crippen MR) is 123 cm³/mol. The topological polar surface area (TPSA) is 73.9 Å². The van der Waals surface area contributed by atoms with Crippen molar-refractivity contribution < 1.29 is 23.8 Å². The average Bonchev–Trinajstić information content (AvgIpc) is 3.22. The van der Waals surface area contributed by atoms with Crippen molar-refractivity contribution in [2.45, 2.75) is 20.3 Å². The Balaban J connectivity index is 2.03. The summed E-state index contributed by atoms with van der Waals surface area (Å²) in [7, 11) is 2.97. The first-order chi connectivity index (χ1) is 15.0. The molecule has 1 heterocycles. The van der Waals surface area contributed by atoms with Gasteiger partial charge in [-0.15, -0.1) is 11.3 Å². The van der Waals surface area contributed by atoms with Crippen LogP contribution >= 0.6 is 11.3 Å². The van der Waals surface area contributed by atoms with E-state index in [2.05, 4.69) is 12.2 Å². The van der Waals surface area contributed by atoms with Gasteiger partial charge in [0.25, 0.3) is 5.91 Å². The van der Waals surface area contributed by atoms with Gasteiger partial charge >= 0.3 is 5.97 Å². The molecule has 1 N–H and O–H groups in total. The van der Waals surface area contributed by atoms with E-state index in [0.29, 0.717) is 27.6 Å². The highest BCUT2D eigenvalue weighted by molar-refractivity contribution is 7.15. The minimum atomic E-state index is -0.486. The van der Waals surface area contributed by atoms with Crippen LogP contribution in [0.4, 0.5) is 5.00 Å². The van der Waals surface area contributed by atoms with E-state index in [4.69, 9.17) is 14.2 Å². The van der Waals surface area contributed by atoms with Crippen LogP contribution in [0.1, 0.15) is 40.1 Å². The van der Waals surface area contributed by atoms with Crippen molar-refractivity contribution >= 4 is 28.2 Å². The number of benzene rings is 2. The summed E-state index contributed by atoms with van der Waals surface area (Å²) in [5.41, 5.74) is 3.39. The molecule has 3 aromatic rings. The number of methoxy groups -OCH3 is 2. The van der Waals surface area contributed by atoms with Gasteiger partial charge in [0.2, 0.25) is 0 Å². The minimum absolute atomic E-state index is 0.233. The van der Waals surface area contributed by atoms with Crippen LogP contribution in [0.15, 0.2) is 47.8 Å². The number of aryl methyl sites for hydroxylation is 1. The molecule has 0 unspecified atom stereocenters. The third kappa shape index (κ3) is 4.72. The Morgan fingerprint density at radius 1 is 0.935 bits per heavy atom. The highest BCUT2D eigenvalue weighted by Gasteiger charge is 2.25. The number of rotatable bonds is 8. The van der Waals surface area contributed by atoms with Crippen LogP contribution < -0.4 is 14.8 Å². The summed E-state index contributed by atoms with van der Waals surface area (Å²) < 4.78 is 15.9. The minimum Gasteiger partial charge on any atom is -0.496 e. The normalized spacial score (nSPS) is 10.5. The molecular weight excluding hydrogens is 414 g/mol. The van der Waals surface area contributed by atoms with Crippen molar-refractivity contribution in [2.24, 2.45) is 0 Å². The van der Waals surface area contributed by atoms with Crippen LogP contribution in [0.2, 0.25) is 0 Å². The molecule has 31 heavy (non-hydrogen) atoms. The van der Waals surface area contributed by atoms with Gasteiger partial charge in [-0.1, -0.05) is 37.3 Å². The fourth-order valence-electron chi connectivity index (χ4n) is 3.23. The van der Waals surface area contributed by atoms with E-state index < -0.39 is 11.9 Å². The lowest BCUT2D eigenvalue weighted by Crippen LogP contribution is -2.16. The molecule has 7 heteroatoms. The zero-order valence-corrected chi connectivity index (χ0v) is 18.8. The zero-order chi connectivity index (χ0) is 22.4. The van der Waals surface area contributed by atoms with Gasteiger partial charge in [-0.05, 0) is 36.6 Å². The third-order valence-electron chi connectivity index (χ3n) is 4.83. The van der Waals surface area contributed by atoms with Crippen LogP contribution in [0.25, 0.3) is 11.1 Å². The van der Waals surface area contributed by atoms with E-state index in [9.17, 15) is 9.59 Å². The summed E-state index contributed by atoms with van der Waals surface area (Å²) in [4.78, 5) is 25.9. The average molecular weight is 440 g/mol. The maximum absolute atomic E-state index is 13.1. The van der Waals surface area contributed by atoms with Crippen molar-refractivity contribution in [1.29, 1.82) is 0 Å². The number of amides is 1. The van der Waals surface area contributed by atoms with Gasteiger partial charge in [-0.25, -0.2) is 4.79 Å². The molecule has 2 aromatic carbocycles. The molecule has 0 atom stereocenters. The second-order valence-corrected chi connectivity index (χ2v) is 7.50. The van der Waals surface area contributed by atoms with E-state index in [-0.39, 0.29) is 12.2 Å². The molecule has 6 nitrogen and oxygen atoms in total. The van der Waals surface area contributed by atoms with Crippen LogP contribution in [-0.4, -0.2) is 32.7 Å². The van der Waals surface area contributed by atoms with Crippen LogP contribution in [0, 0.1) is 0 Å². The maximum Gasteiger partial charge on any atom is 0.341 e. The first-order valence-electron chi connectivity index (χ1n) is 9.94. The largest absolute Gasteiger partial charge is 0.496 e. The van der Waals surface area contributed by atoms with Gasteiger partial charge in [-0.2, -0.15) is 0 Å². The Kier molecular flexibility index (Phi) is 7.31. The van der Waals surface area contributed by atoms with E-state index in [1.165, 1.54) is 31.1 Å². The SMILES string of the molecule is CCOC(=O)c1c(-c2ccc(CC)cc2)csc1NC(=O)c1c(OC)cccc1OC. The van der Waals surface area contributed by atoms with E-state index in [1.807, 2.05) is 29.6 Å². The van der Waals surface area contributed by atoms with Gasteiger partial charge in [0.15, 0.2) is 0 Å². The van der Waals surface area contributed by atoms with Gasteiger partial charge in [0, 0.05) is 10.9 Å². The summed E-state index contributed by atoms with van der Waals surface area (Å²) in [5.74, 6) is -0.168. The molecule has 0 spiro atoms. The van der Waals surface area contributed by atoms with Gasteiger partial charge in [0.1, 0.15) is 27.6 Å². The molecule has 0 aliphatic carbocycles. The summed E-state index contributed by atoms with van der Waals surface area (Å²) >= 11 is 1.27. The van der Waals surface area contributed by atoms with E-state index >= 15 is 0 Å². The Morgan fingerprint density at radius 2 is 1.58 bits per heavy atom. The van der Waals surface area contributed by atoms with Gasteiger partial charge < -0.3 is 19.5 Å². The fraction of sp³-hybridized carbons (Fsp3) is 0.250. The summed E-state index contributed by atoms with van der Waals surface area (Å²) in [6, 6.07) is 13.1. The second-order valence-electron chi connectivity index (χ2n) is 6.62. The number of ether oxygens (including phenoxy) is 3. The van der Waals surface area contributed by atoms with E-state index in [1.54, 1.807) is 25.1 Å². The lowest BCUT2D eigenvalue weighted by molar-refractivity contribution is 0.0529. The highest BCUT2D eigenvalue weighted by atomic mass is 32.1. The van der Waals surface area contributed by atoms with Crippen molar-refractivity contribution in [3.05, 3.63) is 64.5 Å². The monoisotopic (exact) mass is 439 g/mol. The molecule has 0 aliphatic heterocycles. The first-order valence-corrected chi connectivity index (χ1v) is 10.8. The molecular formula is C24H25NO5S. The summed E-state index contributed by atoms with van der Waals surface area (Å²) in [6.45, 7) is 4.07. The molecule has 0 bridgehead atoms. The van der Waals surface area contributed by atoms with E-state index in [0.717, 1.165) is 12.0 Å². The van der Waals surface area contributed by atoms with Crippen LogP contribution in [0.5, 0.6) is 11.5 Å². The van der Waals surface area contributed by atoms with Crippen molar-refractivity contribution in [3.63, 3.8) is 0 Å². The Hall–Kier alpha value is -3.32. The molecule has 0 saturated carbocycles. The lowest BCUT2D eigenvalue weighted by Gasteiger charge is -2.13. The summed E-state index contributed by atoms with van der Waals surface area (Å²) in [5, 5.41) is 5.10. The lowest BCUT2D eigenvalue weighted by atomic mass is 10.0. The molecule has 0 saturated heterocycles. The number of nitrogens with one attached hydrogen (secondary N) is 1. The zero-order valence-electron chi connectivity index (χ0n) is 18.0. The molecule has 3 rings (SSSR count). The standard InChI is InChI=1S/C24H25NO5S/c1-5-15-10-12-16(13-11-15)17-14-31-23(20(17)24(27)30-6-2)25-22(26)21-18(28-3)8-7-9-19(21)29-4/h7-14H,5-6H2,1-4H3,(H,25,26). The first kappa shape index (κ1) is 22.4. The smallest absolute Gasteiger partial charge is 0.341 e. The highest BCUT2D eigenvalue weighted by Crippen LogP contribution is 2.38. The van der Waals surface area contributed by atoms with Crippen molar-refractivity contribution in [2.75, 3.05) is 26.1 Å². The van der Waals surface area contributed by atoms with Crippen molar-refractivity contribution in [3.8, 4) is 22.6 Å². The Bertz CT molecular complexity index is 1050. The molecule has 0 fully saturated rings. The molecule has 1 amide bonds. The number of hydrogen-bond donors (Lipinski definition) is 1. The fourth-order valence-corrected chi connectivity index (χ4v) is 4.18. The number of thiophene rings is 1. The predicted octanol–water partition coefficient (Wildman–Crippen LogP) is 5.42. The maximum atomic E-state index is 13.1. The Morgan fingerprint density at radius 3 is 2.13 bits per heavy atom. The molecule has 162 valence electrons. The molecule has 0 aliphatic rings. The second kappa shape index (κ2) is 10.1. The third-order valence-corrected chi connectivity index (χ3v) is 5.72. The molecule has 0 radical (unpaired) electrons. The van der Waals surface area contributed by atoms with Gasteiger partial charge in [0.05, 0.1) is 20.8 Å². The number of carbonyl (C=O) groups excluding carboxylic acids is 2. The van der Waals surface area contributed by atoms with Crippen LogP contribution in [-0.2, 0) is 11.2 Å². The van der Waals surface area contributed by atoms with Crippen molar-refractivity contribution in [1.82, 2.24) is 0 Å². The molecule has 1 aromatic heterocycles. The Labute approximate surface area is 185 Å². The number of carbonyl (C=O) groups is 2. The number of anilines is 1. The van der Waals surface area contributed by atoms with Gasteiger partial charge in [-0.3, -0.25) is 4.79 Å². The summed E-state index contributed by atoms with van der Waals surface area (Å²) in [6.07, 6.45) is 0.927. The van der Waals surface area contributed by atoms with Crippen LogP contribution in [0.3, 0.4) is 0 Å². The number of esters is 1. The number of hydrogen-bond acceptors (Lipinski definition) is 6. The quantitative estimate of drug-likeness (QED) is 0.474.